The maximum Gasteiger partial charge on any atom is 0.363 e. The molecule has 3 unspecified atom stereocenters. The van der Waals surface area contributed by atoms with Crippen LogP contribution in [0.15, 0.2) is 47.4 Å². The summed E-state index contributed by atoms with van der Waals surface area (Å²) in [5.74, 6) is -0.439. The zero-order valence-electron chi connectivity index (χ0n) is 19.7. The average molecular weight is 486 g/mol. The summed E-state index contributed by atoms with van der Waals surface area (Å²) in [4.78, 5) is 14.8. The van der Waals surface area contributed by atoms with Crippen LogP contribution in [-0.2, 0) is 21.2 Å². The van der Waals surface area contributed by atoms with Gasteiger partial charge in [0.1, 0.15) is 10.6 Å². The fourth-order valence-electron chi connectivity index (χ4n) is 5.96. The molecule has 4 aliphatic rings. The Balaban J connectivity index is 1.40. The Bertz CT molecular complexity index is 1170. The highest BCUT2D eigenvalue weighted by molar-refractivity contribution is 7.86. The molecule has 182 valence electrons. The molecule has 8 heteroatoms. The van der Waals surface area contributed by atoms with Crippen molar-refractivity contribution in [1.82, 2.24) is 0 Å². The van der Waals surface area contributed by atoms with Crippen molar-refractivity contribution in [2.24, 2.45) is 0 Å². The summed E-state index contributed by atoms with van der Waals surface area (Å²) in [7, 11) is -3.96. The molecule has 2 fully saturated rings. The standard InChI is InChI=1S/C26H32N2O5S/c1-19-18-22-13-14-24(19)33-25(28(34(22,31)32)17-5-7-23(28)26(29)30)8-4-6-20-9-11-21(12-10-20)27-15-2-3-16-27/h9-14,18,23,25H,2-8,15-17H2,1H3/p+1. The maximum absolute atomic E-state index is 13.9. The van der Waals surface area contributed by atoms with Gasteiger partial charge in [0.25, 0.3) is 0 Å². The Morgan fingerprint density at radius 2 is 1.85 bits per heavy atom. The smallest absolute Gasteiger partial charge is 0.363 e. The van der Waals surface area contributed by atoms with Crippen molar-refractivity contribution in [3.8, 4) is 5.75 Å². The van der Waals surface area contributed by atoms with E-state index in [2.05, 4.69) is 29.2 Å². The number of rotatable bonds is 6. The molecule has 4 aliphatic heterocycles. The van der Waals surface area contributed by atoms with Gasteiger partial charge in [-0.3, -0.25) is 0 Å². The van der Waals surface area contributed by atoms with E-state index >= 15 is 0 Å². The molecule has 4 heterocycles. The van der Waals surface area contributed by atoms with Gasteiger partial charge >= 0.3 is 16.0 Å². The predicted octanol–water partition coefficient (Wildman–Crippen LogP) is 4.09. The molecule has 34 heavy (non-hydrogen) atoms. The summed E-state index contributed by atoms with van der Waals surface area (Å²) < 4.78 is 33.6. The van der Waals surface area contributed by atoms with E-state index in [9.17, 15) is 18.3 Å². The number of anilines is 1. The van der Waals surface area contributed by atoms with Crippen LogP contribution < -0.4 is 9.64 Å². The van der Waals surface area contributed by atoms with Gasteiger partial charge in [0, 0.05) is 38.0 Å². The van der Waals surface area contributed by atoms with Gasteiger partial charge in [0.15, 0.2) is 0 Å². The number of quaternary nitrogens is 1. The first-order valence-corrected chi connectivity index (χ1v) is 13.7. The second-order valence-corrected chi connectivity index (χ2v) is 11.9. The van der Waals surface area contributed by atoms with Crippen LogP contribution in [0.4, 0.5) is 5.69 Å². The summed E-state index contributed by atoms with van der Waals surface area (Å²) in [6.45, 7) is 4.31. The molecule has 0 aliphatic carbocycles. The van der Waals surface area contributed by atoms with E-state index < -0.39 is 32.2 Å². The van der Waals surface area contributed by atoms with Gasteiger partial charge in [-0.2, -0.15) is 12.3 Å². The molecule has 0 saturated carbocycles. The third kappa shape index (κ3) is 3.77. The second-order valence-electron chi connectivity index (χ2n) is 9.80. The maximum atomic E-state index is 13.9. The normalized spacial score (nSPS) is 27.5. The molecular weight excluding hydrogens is 452 g/mol. The zero-order valence-corrected chi connectivity index (χ0v) is 20.5. The molecule has 3 atom stereocenters. The summed E-state index contributed by atoms with van der Waals surface area (Å²) in [6.07, 6.45) is 4.57. The quantitative estimate of drug-likeness (QED) is 0.621. The topological polar surface area (TPSA) is 83.9 Å². The van der Waals surface area contributed by atoms with E-state index in [0.717, 1.165) is 25.1 Å². The lowest BCUT2D eigenvalue weighted by molar-refractivity contribution is -0.858. The van der Waals surface area contributed by atoms with Crippen LogP contribution in [0.25, 0.3) is 0 Å². The van der Waals surface area contributed by atoms with E-state index in [1.807, 2.05) is 6.92 Å². The third-order valence-corrected chi connectivity index (χ3v) is 10.2. The number of fused-ring (bicyclic) bond motifs is 3. The summed E-state index contributed by atoms with van der Waals surface area (Å²) in [5.41, 5.74) is 3.20. The second kappa shape index (κ2) is 8.89. The van der Waals surface area contributed by atoms with Gasteiger partial charge < -0.3 is 14.7 Å². The molecule has 2 aromatic rings. The van der Waals surface area contributed by atoms with Crippen molar-refractivity contribution in [3.63, 3.8) is 0 Å². The van der Waals surface area contributed by atoms with Gasteiger partial charge in [0.2, 0.25) is 12.3 Å². The highest BCUT2D eigenvalue weighted by atomic mass is 32.2. The minimum Gasteiger partial charge on any atom is -0.477 e. The first kappa shape index (κ1) is 23.2. The molecule has 1 spiro atoms. The Hall–Kier alpha value is -2.58. The number of hydrogen-bond acceptors (Lipinski definition) is 5. The molecule has 0 aromatic heterocycles. The summed E-state index contributed by atoms with van der Waals surface area (Å²) in [6, 6.07) is 12.5. The summed E-state index contributed by atoms with van der Waals surface area (Å²) in [5, 5.41) is 10.00. The van der Waals surface area contributed by atoms with Crippen LogP contribution in [-0.4, -0.2) is 55.3 Å². The molecule has 6 rings (SSSR count). The number of aliphatic carboxylic acids is 1. The molecular formula is C26H33N2O5S+. The number of nitrogens with zero attached hydrogens (tertiary/aromatic N) is 2. The van der Waals surface area contributed by atoms with Crippen molar-refractivity contribution in [2.75, 3.05) is 24.5 Å². The summed E-state index contributed by atoms with van der Waals surface area (Å²) >= 11 is 0. The fraction of sp³-hybridized carbons (Fsp3) is 0.500. The first-order chi connectivity index (χ1) is 16.3. The van der Waals surface area contributed by atoms with Crippen LogP contribution in [0, 0.1) is 6.92 Å². The van der Waals surface area contributed by atoms with Gasteiger partial charge in [-0.05, 0) is 74.1 Å². The minimum absolute atomic E-state index is 0.188. The van der Waals surface area contributed by atoms with Crippen LogP contribution in [0.3, 0.4) is 0 Å². The predicted molar refractivity (Wildman–Crippen MR) is 129 cm³/mol. The SMILES string of the molecule is Cc1cc2ccc1OC(CCCc1ccc(N3CCCC3)cc1)[N+]1(CCCC1C(=O)O)S2(=O)=O. The van der Waals surface area contributed by atoms with E-state index in [4.69, 9.17) is 4.74 Å². The number of sulfonamides is 1. The number of carbonyl (C=O) groups is 1. The number of benzene rings is 2. The van der Waals surface area contributed by atoms with E-state index in [0.29, 0.717) is 31.4 Å². The van der Waals surface area contributed by atoms with Crippen LogP contribution in [0.2, 0.25) is 0 Å². The van der Waals surface area contributed by atoms with Gasteiger partial charge in [-0.1, -0.05) is 12.1 Å². The lowest BCUT2D eigenvalue weighted by atomic mass is 10.1. The zero-order chi connectivity index (χ0) is 23.9. The molecule has 2 aromatic carbocycles. The highest BCUT2D eigenvalue weighted by Crippen LogP contribution is 2.43. The van der Waals surface area contributed by atoms with Gasteiger partial charge in [-0.15, -0.1) is 0 Å². The number of aryl methyl sites for hydroxylation is 2. The lowest BCUT2D eigenvalue weighted by Gasteiger charge is -2.43. The fourth-order valence-corrected chi connectivity index (χ4v) is 8.27. The van der Waals surface area contributed by atoms with Crippen LogP contribution in [0.1, 0.15) is 49.7 Å². The van der Waals surface area contributed by atoms with Crippen molar-refractivity contribution in [2.45, 2.75) is 69.0 Å². The van der Waals surface area contributed by atoms with Crippen molar-refractivity contribution in [1.29, 1.82) is 0 Å². The Morgan fingerprint density at radius 3 is 2.53 bits per heavy atom. The monoisotopic (exact) mass is 485 g/mol. The molecule has 7 nitrogen and oxygen atoms in total. The Morgan fingerprint density at radius 1 is 1.12 bits per heavy atom. The van der Waals surface area contributed by atoms with Crippen LogP contribution >= 0.6 is 0 Å². The Kier molecular flexibility index (Phi) is 6.06. The number of carboxylic acid groups (broad SMARTS) is 1. The number of carboxylic acids is 1. The minimum atomic E-state index is -3.96. The first-order valence-electron chi connectivity index (χ1n) is 12.3. The van der Waals surface area contributed by atoms with Gasteiger partial charge in [0.05, 0.1) is 6.54 Å². The number of hydrogen-bond donors (Lipinski definition) is 1. The molecule has 2 bridgehead atoms. The van der Waals surface area contributed by atoms with Crippen LogP contribution in [0.5, 0.6) is 5.75 Å². The molecule has 0 amide bonds. The lowest BCUT2D eigenvalue weighted by Crippen LogP contribution is -2.66. The molecule has 1 N–H and O–H groups in total. The van der Waals surface area contributed by atoms with Gasteiger partial charge in [-0.25, -0.2) is 4.79 Å². The van der Waals surface area contributed by atoms with Crippen molar-refractivity contribution < 1.29 is 26.9 Å². The van der Waals surface area contributed by atoms with E-state index in [1.54, 1.807) is 18.2 Å². The van der Waals surface area contributed by atoms with E-state index in [-0.39, 0.29) is 11.4 Å². The largest absolute Gasteiger partial charge is 0.477 e. The average Bonchev–Trinajstić information content (AvgIpc) is 3.50. The van der Waals surface area contributed by atoms with Crippen molar-refractivity contribution in [3.05, 3.63) is 53.6 Å². The highest BCUT2D eigenvalue weighted by Gasteiger charge is 2.62. The number of ether oxygens (including phenoxy) is 1. The van der Waals surface area contributed by atoms with Crippen molar-refractivity contribution >= 4 is 21.7 Å². The third-order valence-electron chi connectivity index (χ3n) is 7.76. The van der Waals surface area contributed by atoms with E-state index in [1.165, 1.54) is 24.1 Å². The molecule has 2 saturated heterocycles. The Labute approximate surface area is 201 Å². The molecule has 0 radical (unpaired) electrons.